The van der Waals surface area contributed by atoms with Gasteiger partial charge >= 0.3 is 57.1 Å². The van der Waals surface area contributed by atoms with Crippen LogP contribution in [0.3, 0.4) is 0 Å². The second kappa shape index (κ2) is 14.1. The van der Waals surface area contributed by atoms with Gasteiger partial charge in [0.25, 0.3) is 5.56 Å². The van der Waals surface area contributed by atoms with Crippen LogP contribution >= 0.6 is 0 Å². The van der Waals surface area contributed by atoms with E-state index in [1.807, 2.05) is 71.3 Å². The second-order valence-corrected chi connectivity index (χ2v) is 9.65. The van der Waals surface area contributed by atoms with Gasteiger partial charge in [0.2, 0.25) is 0 Å². The Morgan fingerprint density at radius 2 is 1.57 bits per heavy atom. The van der Waals surface area contributed by atoms with Gasteiger partial charge in [0.05, 0.1) is 12.2 Å². The Morgan fingerprint density at radius 3 is 2.23 bits per heavy atom. The van der Waals surface area contributed by atoms with Crippen LogP contribution in [0.25, 0.3) is 22.5 Å². The van der Waals surface area contributed by atoms with E-state index in [-0.39, 0.29) is 58.4 Å². The van der Waals surface area contributed by atoms with Gasteiger partial charge in [0.1, 0.15) is 5.82 Å². The van der Waals surface area contributed by atoms with Crippen molar-refractivity contribution in [1.82, 2.24) is 19.7 Å². The standard InChI is InChI=1S/C32H32N4O3.K.H/c1-3-5-15-28-27(31(37)36(29(4-2)33-28)21-23-11-7-6-8-12-23)20-22-16-18-24(19-17-22)25-13-9-10-14-26(25)30-34-32(38)39-35-30;;/h6-14,16-19H,3-5,15,20-21H2,1-2H3,(H,34,35,38);;/q;+1;-1. The van der Waals surface area contributed by atoms with Crippen LogP contribution in [0.15, 0.2) is 93.0 Å². The van der Waals surface area contributed by atoms with Crippen LogP contribution in [0.2, 0.25) is 0 Å². The van der Waals surface area contributed by atoms with Crippen LogP contribution in [0.1, 0.15) is 56.3 Å². The third-order valence-corrected chi connectivity index (χ3v) is 6.96. The molecule has 3 aromatic carbocycles. The molecule has 0 atom stereocenters. The fraction of sp³-hybridized carbons (Fsp3) is 0.250. The second-order valence-electron chi connectivity index (χ2n) is 9.65. The molecule has 7 nitrogen and oxygen atoms in total. The van der Waals surface area contributed by atoms with E-state index in [2.05, 4.69) is 36.1 Å². The molecule has 0 fully saturated rings. The van der Waals surface area contributed by atoms with Gasteiger partial charge in [0.15, 0.2) is 5.82 Å². The minimum atomic E-state index is -0.588. The topological polar surface area (TPSA) is 93.8 Å². The van der Waals surface area contributed by atoms with Crippen molar-refractivity contribution < 1.29 is 57.3 Å². The molecule has 0 aliphatic carbocycles. The summed E-state index contributed by atoms with van der Waals surface area (Å²) in [5.41, 5.74) is 6.53. The molecule has 0 bridgehead atoms. The number of H-pyrrole nitrogens is 1. The van der Waals surface area contributed by atoms with Crippen molar-refractivity contribution in [1.29, 1.82) is 0 Å². The van der Waals surface area contributed by atoms with Gasteiger partial charge in [-0.3, -0.25) is 18.9 Å². The van der Waals surface area contributed by atoms with E-state index in [0.29, 0.717) is 25.2 Å². The molecule has 1 N–H and O–H groups in total. The average molecular weight is 561 g/mol. The molecule has 0 radical (unpaired) electrons. The quantitative estimate of drug-likeness (QED) is 0.265. The van der Waals surface area contributed by atoms with E-state index in [9.17, 15) is 9.59 Å². The molecule has 5 rings (SSSR count). The van der Waals surface area contributed by atoms with E-state index in [4.69, 9.17) is 9.51 Å². The number of benzene rings is 3. The molecule has 40 heavy (non-hydrogen) atoms. The van der Waals surface area contributed by atoms with Crippen molar-refractivity contribution in [2.24, 2.45) is 0 Å². The summed E-state index contributed by atoms with van der Waals surface area (Å²) < 4.78 is 6.55. The van der Waals surface area contributed by atoms with E-state index in [1.54, 1.807) is 0 Å². The molecular formula is C32H33KN4O3. The number of nitrogens with zero attached hydrogens (tertiary/aromatic N) is 3. The summed E-state index contributed by atoms with van der Waals surface area (Å²) in [6.07, 6.45) is 4.04. The Kier molecular flexibility index (Phi) is 10.6. The van der Waals surface area contributed by atoms with Crippen molar-refractivity contribution in [3.8, 4) is 22.5 Å². The van der Waals surface area contributed by atoms with Gasteiger partial charge in [-0.05, 0) is 35.1 Å². The van der Waals surface area contributed by atoms with E-state index in [0.717, 1.165) is 64.2 Å². The van der Waals surface area contributed by atoms with Crippen LogP contribution in [-0.2, 0) is 25.8 Å². The van der Waals surface area contributed by atoms with Crippen LogP contribution < -0.4 is 62.7 Å². The first-order valence-electron chi connectivity index (χ1n) is 13.5. The first-order chi connectivity index (χ1) is 19.1. The normalized spacial score (nSPS) is 10.8. The third kappa shape index (κ3) is 6.87. The molecule has 200 valence electrons. The number of nitrogens with one attached hydrogen (secondary N) is 1. The van der Waals surface area contributed by atoms with Gasteiger partial charge in [-0.2, -0.15) is 0 Å². The molecule has 2 heterocycles. The molecule has 0 saturated carbocycles. The fourth-order valence-electron chi connectivity index (χ4n) is 4.91. The molecule has 0 aliphatic heterocycles. The van der Waals surface area contributed by atoms with Crippen LogP contribution in [0.4, 0.5) is 0 Å². The van der Waals surface area contributed by atoms with Crippen molar-refractivity contribution in [2.45, 2.75) is 52.5 Å². The van der Waals surface area contributed by atoms with Gasteiger partial charge < -0.3 is 1.43 Å². The summed E-state index contributed by atoms with van der Waals surface area (Å²) in [6, 6.07) is 26.0. The largest absolute Gasteiger partial charge is 1.00 e. The molecule has 0 aliphatic rings. The zero-order valence-electron chi connectivity index (χ0n) is 24.3. The molecule has 0 amide bonds. The van der Waals surface area contributed by atoms with Crippen LogP contribution in [0, 0.1) is 0 Å². The zero-order chi connectivity index (χ0) is 27.2. The summed E-state index contributed by atoms with van der Waals surface area (Å²) in [7, 11) is 0. The maximum atomic E-state index is 13.9. The predicted molar refractivity (Wildman–Crippen MR) is 154 cm³/mol. The monoisotopic (exact) mass is 560 g/mol. The molecule has 8 heteroatoms. The van der Waals surface area contributed by atoms with Crippen LogP contribution in [0.5, 0.6) is 0 Å². The third-order valence-electron chi connectivity index (χ3n) is 6.96. The Balaban J connectivity index is 0.00000231. The van der Waals surface area contributed by atoms with Gasteiger partial charge in [0, 0.05) is 24.0 Å². The minimum Gasteiger partial charge on any atom is -1.00 e. The first-order valence-corrected chi connectivity index (χ1v) is 13.5. The Morgan fingerprint density at radius 1 is 0.875 bits per heavy atom. The summed E-state index contributed by atoms with van der Waals surface area (Å²) in [5.74, 6) is 0.632. The predicted octanol–water partition coefficient (Wildman–Crippen LogP) is 2.91. The van der Waals surface area contributed by atoms with E-state index < -0.39 is 5.76 Å². The summed E-state index contributed by atoms with van der Waals surface area (Å²) in [4.78, 5) is 33.1. The van der Waals surface area contributed by atoms with E-state index in [1.165, 1.54) is 0 Å². The zero-order valence-corrected chi connectivity index (χ0v) is 26.4. The molecule has 0 unspecified atom stereocenters. The van der Waals surface area contributed by atoms with Gasteiger partial charge in [-0.25, -0.2) is 9.78 Å². The number of hydrogen-bond donors (Lipinski definition) is 1. The van der Waals surface area contributed by atoms with Crippen molar-refractivity contribution in [2.75, 3.05) is 0 Å². The number of unbranched alkanes of at least 4 members (excludes halogenated alkanes) is 1. The average Bonchev–Trinajstić information content (AvgIpc) is 3.41. The molecule has 5 aromatic rings. The molecule has 0 saturated heterocycles. The van der Waals surface area contributed by atoms with Crippen molar-refractivity contribution in [3.05, 3.63) is 128 Å². The Hall–Kier alpha value is -2.88. The maximum absolute atomic E-state index is 13.9. The van der Waals surface area contributed by atoms with E-state index >= 15 is 0 Å². The smallest absolute Gasteiger partial charge is 1.00 e. The number of aromatic nitrogens is 4. The summed E-state index contributed by atoms with van der Waals surface area (Å²) in [6.45, 7) is 4.72. The first kappa shape index (κ1) is 30.1. The minimum absolute atomic E-state index is 0. The molecular weight excluding hydrogens is 527 g/mol. The van der Waals surface area contributed by atoms with Crippen molar-refractivity contribution >= 4 is 0 Å². The SMILES string of the molecule is CCCCc1nc(CC)n(Cc2ccccc2)c(=O)c1Cc1ccc(-c2ccccc2-c2noc(=O)[nH]2)cc1.[H-].[K+]. The molecule has 2 aromatic heterocycles. The van der Waals surface area contributed by atoms with Crippen molar-refractivity contribution in [3.63, 3.8) is 0 Å². The fourth-order valence-corrected chi connectivity index (χ4v) is 4.91. The molecule has 0 spiro atoms. The van der Waals surface area contributed by atoms with Gasteiger partial charge in [-0.1, -0.05) is 104 Å². The Bertz CT molecular complexity index is 1680. The van der Waals surface area contributed by atoms with Crippen LogP contribution in [-0.4, -0.2) is 19.7 Å². The maximum Gasteiger partial charge on any atom is 1.00 e. The number of rotatable bonds is 10. The number of aromatic amines is 1. The summed E-state index contributed by atoms with van der Waals surface area (Å²) >= 11 is 0. The number of aryl methyl sites for hydroxylation is 2. The van der Waals surface area contributed by atoms with Gasteiger partial charge in [-0.15, -0.1) is 0 Å². The summed E-state index contributed by atoms with van der Waals surface area (Å²) in [5, 5.41) is 3.85. The Labute approximate surface area is 277 Å². The number of hydrogen-bond acceptors (Lipinski definition) is 5.